The van der Waals surface area contributed by atoms with Gasteiger partial charge in [-0.2, -0.15) is 0 Å². The highest BCUT2D eigenvalue weighted by Gasteiger charge is 2.04. The van der Waals surface area contributed by atoms with Gasteiger partial charge in [0.05, 0.1) is 19.8 Å². The van der Waals surface area contributed by atoms with Gasteiger partial charge in [0.2, 0.25) is 0 Å². The van der Waals surface area contributed by atoms with Crippen molar-refractivity contribution in [2.75, 3.05) is 13.2 Å². The van der Waals surface area contributed by atoms with Crippen molar-refractivity contribution in [3.8, 4) is 11.5 Å². The van der Waals surface area contributed by atoms with Crippen LogP contribution in [0.25, 0.3) is 0 Å². The molecule has 0 unspecified atom stereocenters. The maximum absolute atomic E-state index is 9.63. The van der Waals surface area contributed by atoms with Gasteiger partial charge in [0.15, 0.2) is 0 Å². The Labute approximate surface area is 231 Å². The van der Waals surface area contributed by atoms with Gasteiger partial charge in [0.25, 0.3) is 0 Å². The van der Waals surface area contributed by atoms with E-state index in [0.717, 1.165) is 43.1 Å². The second kappa shape index (κ2) is 26.4. The van der Waals surface area contributed by atoms with E-state index in [0.29, 0.717) is 0 Å². The van der Waals surface area contributed by atoms with Crippen molar-refractivity contribution in [3.63, 3.8) is 0 Å². The largest absolute Gasteiger partial charge is 0.493 e. The monoisotopic (exact) mass is 518 g/mol. The maximum Gasteiger partial charge on any atom is 0.123 e. The fourth-order valence-corrected chi connectivity index (χ4v) is 4.98. The van der Waals surface area contributed by atoms with E-state index in [-0.39, 0.29) is 6.61 Å². The standard InChI is InChI=1S/C34H62O3/c1-3-5-7-9-11-13-15-17-19-21-23-25-27-37-34-29-32(31-35)28-33(30-34)36-26-24-22-20-18-16-14-12-10-8-6-4-2/h28-30,35H,3-27,31H2,1-2H3. The van der Waals surface area contributed by atoms with Crippen LogP contribution in [-0.2, 0) is 6.61 Å². The Bertz CT molecular complexity index is 601. The number of aliphatic hydroxyl groups is 1. The summed E-state index contributed by atoms with van der Waals surface area (Å²) in [5.74, 6) is 1.65. The van der Waals surface area contributed by atoms with Crippen molar-refractivity contribution in [1.29, 1.82) is 0 Å². The average Bonchev–Trinajstić information content (AvgIpc) is 2.91. The fourth-order valence-electron chi connectivity index (χ4n) is 4.98. The minimum absolute atomic E-state index is 0.0185. The van der Waals surface area contributed by atoms with Crippen molar-refractivity contribution in [3.05, 3.63) is 23.8 Å². The van der Waals surface area contributed by atoms with E-state index >= 15 is 0 Å². The van der Waals surface area contributed by atoms with Gasteiger partial charge in [-0.25, -0.2) is 0 Å². The van der Waals surface area contributed by atoms with Gasteiger partial charge in [-0.05, 0) is 30.5 Å². The number of aliphatic hydroxyl groups excluding tert-OH is 1. The van der Waals surface area contributed by atoms with Crippen molar-refractivity contribution >= 4 is 0 Å². The second-order valence-corrected chi connectivity index (χ2v) is 11.1. The Morgan fingerprint density at radius 2 is 0.730 bits per heavy atom. The molecule has 0 spiro atoms. The molecular weight excluding hydrogens is 456 g/mol. The molecule has 0 aliphatic carbocycles. The molecule has 1 aromatic carbocycles. The van der Waals surface area contributed by atoms with Crippen molar-refractivity contribution in [1.82, 2.24) is 0 Å². The summed E-state index contributed by atoms with van der Waals surface area (Å²) in [5.41, 5.74) is 0.862. The molecule has 0 aliphatic heterocycles. The lowest BCUT2D eigenvalue weighted by atomic mass is 10.1. The Morgan fingerprint density at radius 1 is 0.432 bits per heavy atom. The predicted octanol–water partition coefficient (Wildman–Crippen LogP) is 10.9. The Kier molecular flexibility index (Phi) is 24.1. The van der Waals surface area contributed by atoms with Crippen molar-refractivity contribution < 1.29 is 14.6 Å². The first-order valence-electron chi connectivity index (χ1n) is 16.3. The van der Waals surface area contributed by atoms with Crippen LogP contribution in [0.15, 0.2) is 18.2 Å². The SMILES string of the molecule is CCCCCCCCCCCCCCOc1cc(CO)cc(OCCCCCCCCCCCCC)c1. The molecule has 0 aliphatic rings. The number of hydrogen-bond acceptors (Lipinski definition) is 3. The summed E-state index contributed by atoms with van der Waals surface area (Å²) in [6, 6.07) is 5.86. The Morgan fingerprint density at radius 3 is 1.03 bits per heavy atom. The molecule has 3 nitrogen and oxygen atoms in total. The Balaban J connectivity index is 2.05. The first-order valence-corrected chi connectivity index (χ1v) is 16.3. The van der Waals surface area contributed by atoms with E-state index in [1.807, 2.05) is 18.2 Å². The molecule has 0 aromatic heterocycles. The van der Waals surface area contributed by atoms with Crippen molar-refractivity contribution in [2.45, 2.75) is 168 Å². The van der Waals surface area contributed by atoms with Gasteiger partial charge in [0.1, 0.15) is 11.5 Å². The molecule has 216 valence electrons. The van der Waals surface area contributed by atoms with Crippen LogP contribution in [0.1, 0.15) is 167 Å². The van der Waals surface area contributed by atoms with Gasteiger partial charge >= 0.3 is 0 Å². The minimum atomic E-state index is 0.0185. The van der Waals surface area contributed by atoms with Crippen LogP contribution in [-0.4, -0.2) is 18.3 Å². The molecule has 37 heavy (non-hydrogen) atoms. The van der Waals surface area contributed by atoms with E-state index < -0.39 is 0 Å². The molecule has 0 bridgehead atoms. The summed E-state index contributed by atoms with van der Waals surface area (Å²) in [5, 5.41) is 9.63. The van der Waals surface area contributed by atoms with Gasteiger partial charge in [-0.15, -0.1) is 0 Å². The molecule has 1 rings (SSSR count). The summed E-state index contributed by atoms with van der Waals surface area (Å²) in [7, 11) is 0. The van der Waals surface area contributed by atoms with E-state index in [1.54, 1.807) is 0 Å². The van der Waals surface area contributed by atoms with Crippen LogP contribution in [0.5, 0.6) is 11.5 Å². The number of unbranched alkanes of at least 4 members (excludes halogenated alkanes) is 21. The molecule has 0 saturated heterocycles. The summed E-state index contributed by atoms with van der Waals surface area (Å²) in [6.45, 7) is 6.06. The lowest BCUT2D eigenvalue weighted by Gasteiger charge is -2.12. The first-order chi connectivity index (χ1) is 18.3. The zero-order valence-corrected chi connectivity index (χ0v) is 24.9. The normalized spacial score (nSPS) is 11.2. The zero-order valence-electron chi connectivity index (χ0n) is 24.9. The van der Waals surface area contributed by atoms with Gasteiger partial charge in [-0.3, -0.25) is 0 Å². The highest BCUT2D eigenvalue weighted by atomic mass is 16.5. The van der Waals surface area contributed by atoms with Crippen LogP contribution >= 0.6 is 0 Å². The zero-order chi connectivity index (χ0) is 26.7. The van der Waals surface area contributed by atoms with E-state index in [2.05, 4.69) is 13.8 Å². The summed E-state index contributed by atoms with van der Waals surface area (Å²) >= 11 is 0. The number of hydrogen-bond donors (Lipinski definition) is 1. The van der Waals surface area contributed by atoms with E-state index in [4.69, 9.17) is 9.47 Å². The highest BCUT2D eigenvalue weighted by Crippen LogP contribution is 2.24. The number of benzene rings is 1. The topological polar surface area (TPSA) is 38.7 Å². The highest BCUT2D eigenvalue weighted by molar-refractivity contribution is 5.38. The van der Waals surface area contributed by atoms with Gasteiger partial charge in [-0.1, -0.05) is 149 Å². The summed E-state index contributed by atoms with van der Waals surface area (Å²) in [4.78, 5) is 0. The van der Waals surface area contributed by atoms with Crippen molar-refractivity contribution in [2.24, 2.45) is 0 Å². The van der Waals surface area contributed by atoms with Crippen LogP contribution in [0, 0.1) is 0 Å². The molecule has 0 atom stereocenters. The molecule has 1 N–H and O–H groups in total. The van der Waals surface area contributed by atoms with E-state index in [9.17, 15) is 5.11 Å². The van der Waals surface area contributed by atoms with Gasteiger partial charge < -0.3 is 14.6 Å². The minimum Gasteiger partial charge on any atom is -0.493 e. The number of rotatable bonds is 28. The maximum atomic E-state index is 9.63. The van der Waals surface area contributed by atoms with Crippen LogP contribution in [0.4, 0.5) is 0 Å². The first kappa shape index (κ1) is 33.8. The molecule has 3 heteroatoms. The smallest absolute Gasteiger partial charge is 0.123 e. The second-order valence-electron chi connectivity index (χ2n) is 11.1. The lowest BCUT2D eigenvalue weighted by Crippen LogP contribution is -2.01. The third-order valence-electron chi connectivity index (χ3n) is 7.41. The molecule has 0 saturated carbocycles. The predicted molar refractivity (Wildman–Crippen MR) is 161 cm³/mol. The van der Waals surface area contributed by atoms with E-state index in [1.165, 1.54) is 135 Å². The summed E-state index contributed by atoms with van der Waals surface area (Å²) in [6.07, 6.45) is 30.9. The van der Waals surface area contributed by atoms with Gasteiger partial charge in [0, 0.05) is 6.07 Å². The third-order valence-corrected chi connectivity index (χ3v) is 7.41. The quantitative estimate of drug-likeness (QED) is 0.112. The van der Waals surface area contributed by atoms with Crippen LogP contribution in [0.3, 0.4) is 0 Å². The molecule has 0 amide bonds. The summed E-state index contributed by atoms with van der Waals surface area (Å²) < 4.78 is 12.0. The number of ether oxygens (including phenoxy) is 2. The molecule has 0 heterocycles. The molecule has 0 radical (unpaired) electrons. The van der Waals surface area contributed by atoms with Crippen LogP contribution in [0.2, 0.25) is 0 Å². The third kappa shape index (κ3) is 21.4. The fraction of sp³-hybridized carbons (Fsp3) is 0.824. The molecule has 1 aromatic rings. The molecular formula is C34H62O3. The Hall–Kier alpha value is -1.22. The average molecular weight is 519 g/mol. The van der Waals surface area contributed by atoms with Crippen LogP contribution < -0.4 is 9.47 Å². The molecule has 0 fully saturated rings. The lowest BCUT2D eigenvalue weighted by molar-refractivity contribution is 0.271.